The van der Waals surface area contributed by atoms with Crippen molar-refractivity contribution >= 4 is 53.0 Å². The van der Waals surface area contributed by atoms with Gasteiger partial charge in [0, 0.05) is 44.6 Å². The number of Topliss-reactive ketones (excluding diaryl/α,β-unsaturated/α-hetero) is 2. The predicted octanol–water partition coefficient (Wildman–Crippen LogP) is 3.89. The number of benzene rings is 3. The highest BCUT2D eigenvalue weighted by molar-refractivity contribution is 5.98. The highest BCUT2D eigenvalue weighted by Gasteiger charge is 2.47. The van der Waals surface area contributed by atoms with Gasteiger partial charge in [-0.3, -0.25) is 38.4 Å². The molecule has 2 heterocycles. The van der Waals surface area contributed by atoms with Crippen LogP contribution < -0.4 is 16.0 Å². The van der Waals surface area contributed by atoms with E-state index in [1.807, 2.05) is 6.07 Å². The van der Waals surface area contributed by atoms with Crippen molar-refractivity contribution < 1.29 is 57.7 Å². The molecule has 5 amide bonds. The molecule has 394 valence electrons. The molecule has 6 rings (SSSR count). The molecule has 0 unspecified atom stereocenters. The number of cyclic esters (lactones) is 1. The first-order valence-electron chi connectivity index (χ1n) is 25.4. The second kappa shape index (κ2) is 25.6. The molecule has 74 heavy (non-hydrogen) atoms. The summed E-state index contributed by atoms with van der Waals surface area (Å²) in [7, 11) is 1.40. The van der Waals surface area contributed by atoms with E-state index in [1.54, 1.807) is 92.7 Å². The number of esters is 2. The lowest BCUT2D eigenvalue weighted by Gasteiger charge is -2.43. The zero-order valence-electron chi connectivity index (χ0n) is 42.9. The van der Waals surface area contributed by atoms with Crippen LogP contribution in [-0.2, 0) is 72.1 Å². The summed E-state index contributed by atoms with van der Waals surface area (Å²) in [6, 6.07) is 20.0. The van der Waals surface area contributed by atoms with E-state index in [1.165, 1.54) is 32.7 Å². The fraction of sp³-hybridized carbons (Fsp3) is 0.500. The summed E-state index contributed by atoms with van der Waals surface area (Å²) in [5.74, 6) is -10.6. The van der Waals surface area contributed by atoms with Gasteiger partial charge in [0.2, 0.25) is 29.5 Å². The predicted molar refractivity (Wildman–Crippen MR) is 268 cm³/mol. The number of nitrogens with one attached hydrogen (secondary N) is 3. The molecule has 3 aliphatic rings. The van der Waals surface area contributed by atoms with E-state index in [0.717, 1.165) is 10.5 Å². The molecule has 2 bridgehead atoms. The Morgan fingerprint density at radius 3 is 2.08 bits per heavy atom. The summed E-state index contributed by atoms with van der Waals surface area (Å²) >= 11 is 0. The van der Waals surface area contributed by atoms with Crippen molar-refractivity contribution in [1.29, 1.82) is 5.26 Å². The lowest BCUT2D eigenvalue weighted by atomic mass is 9.86. The Bertz CT molecular complexity index is 2580. The number of rotatable bonds is 15. The molecule has 2 aliphatic heterocycles. The number of carbonyl (C=O) groups is 9. The average Bonchev–Trinajstić information content (AvgIpc) is 4.23. The second-order valence-electron chi connectivity index (χ2n) is 20.3. The number of aliphatic hydroxyl groups excluding tert-OH is 1. The molecule has 0 aromatic heterocycles. The van der Waals surface area contributed by atoms with Gasteiger partial charge in [-0.2, -0.15) is 5.26 Å². The molecule has 4 N–H and O–H groups in total. The molecule has 10 atom stereocenters. The van der Waals surface area contributed by atoms with Gasteiger partial charge >= 0.3 is 11.9 Å². The number of piperidine rings is 1. The first-order chi connectivity index (χ1) is 35.3. The van der Waals surface area contributed by atoms with E-state index < -0.39 is 126 Å². The summed E-state index contributed by atoms with van der Waals surface area (Å²) in [5, 5.41) is 29.6. The fourth-order valence-electron chi connectivity index (χ4n) is 9.50. The number of hydrogen-bond acceptors (Lipinski definition) is 13. The van der Waals surface area contributed by atoms with Crippen LogP contribution in [0.3, 0.4) is 0 Å². The van der Waals surface area contributed by atoms with E-state index in [2.05, 4.69) is 22.0 Å². The van der Waals surface area contributed by atoms with E-state index in [9.17, 15) is 48.7 Å². The topological polar surface area (TPSA) is 259 Å². The number of hydrogen-bond donors (Lipinski definition) is 4. The third-order valence-electron chi connectivity index (χ3n) is 14.2. The third kappa shape index (κ3) is 14.7. The van der Waals surface area contributed by atoms with E-state index in [-0.39, 0.29) is 56.6 Å². The van der Waals surface area contributed by atoms with Gasteiger partial charge in [-0.05, 0) is 80.2 Å². The van der Waals surface area contributed by atoms with Crippen molar-refractivity contribution in [1.82, 2.24) is 25.8 Å². The molecular formula is C56H68N6O12. The number of likely N-dealkylation sites (N-methyl/N-ethyl adjacent to an activating group) is 1. The molecule has 1 aliphatic carbocycles. The number of ether oxygens (including phenoxy) is 2. The SMILES string of the molecule is CC(C)[C@@H]1NC(=O)[C@H](Cc2ccccc2)N(C)C(=O)[C@H](Cc2cccc(C#N)c2)N2C(=O)[C@H](CC[C@H]2O)CC(=O)[C@H](C2CC2)NC(=O)[C@@H](CC(=O)[C@H](C)NC(=O)[C@H](C)CC(=O)OCc2ccccc2)[C@@H](C)OC1=O. The first kappa shape index (κ1) is 56.0. The Kier molecular flexibility index (Phi) is 19.4. The summed E-state index contributed by atoms with van der Waals surface area (Å²) in [5.41, 5.74) is 2.19. The fourth-order valence-corrected chi connectivity index (χ4v) is 9.50. The number of carbonyl (C=O) groups excluding carboxylic acids is 9. The maximum Gasteiger partial charge on any atom is 0.329 e. The zero-order valence-corrected chi connectivity index (χ0v) is 42.9. The minimum absolute atomic E-state index is 0.00708. The molecular weight excluding hydrogens is 949 g/mol. The summed E-state index contributed by atoms with van der Waals surface area (Å²) in [6.45, 7) is 7.67. The van der Waals surface area contributed by atoms with Gasteiger partial charge < -0.3 is 40.3 Å². The molecule has 1 saturated carbocycles. The van der Waals surface area contributed by atoms with Crippen molar-refractivity contribution in [3.8, 4) is 6.07 Å². The molecule has 0 spiro atoms. The molecule has 18 nitrogen and oxygen atoms in total. The number of nitriles is 1. The second-order valence-corrected chi connectivity index (χ2v) is 20.3. The number of fused-ring (bicyclic) bond motifs is 2. The Hall–Kier alpha value is -7.26. The molecule has 3 aromatic rings. The Balaban J connectivity index is 1.31. The summed E-state index contributed by atoms with van der Waals surface area (Å²) in [6.07, 6.45) is -3.04. The average molecular weight is 1020 g/mol. The molecule has 18 heteroatoms. The van der Waals surface area contributed by atoms with Gasteiger partial charge in [0.25, 0.3) is 0 Å². The number of nitrogens with zero attached hydrogens (tertiary/aromatic N) is 3. The van der Waals surface area contributed by atoms with Gasteiger partial charge in [0.1, 0.15) is 37.1 Å². The normalized spacial score (nSPS) is 25.2. The van der Waals surface area contributed by atoms with Crippen LogP contribution in [-0.4, -0.2) is 118 Å². The van der Waals surface area contributed by atoms with E-state index in [0.29, 0.717) is 24.0 Å². The summed E-state index contributed by atoms with van der Waals surface area (Å²) < 4.78 is 11.3. The monoisotopic (exact) mass is 1020 g/mol. The van der Waals surface area contributed by atoms with Gasteiger partial charge in [-0.1, -0.05) is 93.6 Å². The van der Waals surface area contributed by atoms with Gasteiger partial charge in [0.05, 0.1) is 36.1 Å². The molecule has 3 fully saturated rings. The zero-order chi connectivity index (χ0) is 53.8. The Morgan fingerprint density at radius 2 is 1.45 bits per heavy atom. The van der Waals surface area contributed by atoms with Crippen LogP contribution in [0.5, 0.6) is 0 Å². The van der Waals surface area contributed by atoms with Crippen molar-refractivity contribution in [3.05, 3.63) is 107 Å². The van der Waals surface area contributed by atoms with Crippen LogP contribution in [0, 0.1) is 40.9 Å². The maximum atomic E-state index is 15.1. The van der Waals surface area contributed by atoms with Crippen molar-refractivity contribution in [2.75, 3.05) is 7.05 Å². The number of aliphatic hydroxyl groups is 1. The highest BCUT2D eigenvalue weighted by atomic mass is 16.5. The maximum absolute atomic E-state index is 15.1. The van der Waals surface area contributed by atoms with Crippen LogP contribution in [0.1, 0.15) is 102 Å². The van der Waals surface area contributed by atoms with Crippen molar-refractivity contribution in [2.45, 2.75) is 142 Å². The van der Waals surface area contributed by atoms with Gasteiger partial charge in [-0.25, -0.2) is 4.79 Å². The Labute approximate surface area is 431 Å². The number of ketones is 2. The van der Waals surface area contributed by atoms with Crippen LogP contribution in [0.25, 0.3) is 0 Å². The number of amides is 5. The first-order valence-corrected chi connectivity index (χ1v) is 25.4. The van der Waals surface area contributed by atoms with E-state index >= 15 is 4.79 Å². The largest absolute Gasteiger partial charge is 0.461 e. The minimum Gasteiger partial charge on any atom is -0.461 e. The third-order valence-corrected chi connectivity index (χ3v) is 14.2. The molecule has 3 aromatic carbocycles. The lowest BCUT2D eigenvalue weighted by Crippen LogP contribution is -2.62. The lowest BCUT2D eigenvalue weighted by molar-refractivity contribution is -0.167. The standard InChI is InChI=1S/C56H68N6O12/c1-32(2)49-56(72)74-35(5)42(29-45(63)34(4)58-51(67)33(3)24-48(66)73-31-37-16-11-8-12-17-37)52(68)60-50(40-20-21-40)46(64)28-41-22-23-47(65)62(54(41)70)44(27-38-18-13-19-39(25-38)30-57)55(71)61(6)43(53(69)59-49)26-36-14-9-7-10-15-36/h7-19,25,32-35,40-44,47,49-50,65H,20-24,26-29,31H2,1-6H3,(H,58,67)(H,59,69)(H,60,68)/t33-,34+,35-,41-,42+,43+,44+,47-,49+,50+/m1/s1. The quantitative estimate of drug-likeness (QED) is 0.158. The van der Waals surface area contributed by atoms with E-state index in [4.69, 9.17) is 9.47 Å². The van der Waals surface area contributed by atoms with Crippen LogP contribution >= 0.6 is 0 Å². The highest BCUT2D eigenvalue weighted by Crippen LogP contribution is 2.36. The molecule has 2 saturated heterocycles. The smallest absolute Gasteiger partial charge is 0.329 e. The Morgan fingerprint density at radius 1 is 0.811 bits per heavy atom. The van der Waals surface area contributed by atoms with Gasteiger partial charge in [0.15, 0.2) is 11.6 Å². The van der Waals surface area contributed by atoms with Gasteiger partial charge in [-0.15, -0.1) is 0 Å². The van der Waals surface area contributed by atoms with Crippen LogP contribution in [0.2, 0.25) is 0 Å². The molecule has 0 radical (unpaired) electrons. The minimum atomic E-state index is -1.47. The van der Waals surface area contributed by atoms with Crippen LogP contribution in [0.4, 0.5) is 0 Å². The van der Waals surface area contributed by atoms with Crippen molar-refractivity contribution in [3.63, 3.8) is 0 Å². The summed E-state index contributed by atoms with van der Waals surface area (Å²) in [4.78, 5) is 130. The van der Waals surface area contributed by atoms with Crippen LogP contribution in [0.15, 0.2) is 84.9 Å². The van der Waals surface area contributed by atoms with Crippen molar-refractivity contribution in [2.24, 2.45) is 29.6 Å².